The molecule has 1 saturated carbocycles. The molecule has 0 radical (unpaired) electrons. The summed E-state index contributed by atoms with van der Waals surface area (Å²) in [6.07, 6.45) is 0.953. The topological polar surface area (TPSA) is 114 Å². The van der Waals surface area contributed by atoms with Crippen LogP contribution in [0.15, 0.2) is 54.6 Å². The Hall–Kier alpha value is -3.88. The summed E-state index contributed by atoms with van der Waals surface area (Å²) in [7, 11) is 0. The van der Waals surface area contributed by atoms with Crippen LogP contribution in [0.2, 0.25) is 0 Å². The second-order valence-corrected chi connectivity index (χ2v) is 13.9. The molecular weight excluding hydrogens is 558 g/mol. The van der Waals surface area contributed by atoms with Gasteiger partial charge in [-0.3, -0.25) is 9.59 Å². The molecule has 3 rings (SSSR count). The molecule has 0 heterocycles. The van der Waals surface area contributed by atoms with E-state index in [-0.39, 0.29) is 24.3 Å². The monoisotopic (exact) mass is 607 g/mol. The molecule has 240 valence electrons. The van der Waals surface area contributed by atoms with Crippen molar-refractivity contribution in [3.63, 3.8) is 0 Å². The SMILES string of the molecule is Cc1ccc(C(C(=O)NC(Cc2ccccc2)C(=O)OC(C)(C)C)N(C(=O)C(NC(=O)OC(C)(C)C)C(C)C)C2CC2)cc1. The maximum atomic E-state index is 14.4. The van der Waals surface area contributed by atoms with Gasteiger partial charge in [-0.15, -0.1) is 0 Å². The lowest BCUT2D eigenvalue weighted by Gasteiger charge is -2.36. The average Bonchev–Trinajstić information content (AvgIpc) is 3.74. The summed E-state index contributed by atoms with van der Waals surface area (Å²) >= 11 is 0. The van der Waals surface area contributed by atoms with E-state index in [0.717, 1.165) is 24.0 Å². The van der Waals surface area contributed by atoms with Gasteiger partial charge in [0.1, 0.15) is 29.3 Å². The second-order valence-electron chi connectivity index (χ2n) is 13.9. The first-order chi connectivity index (χ1) is 20.4. The van der Waals surface area contributed by atoms with Crippen molar-refractivity contribution in [1.82, 2.24) is 15.5 Å². The van der Waals surface area contributed by atoms with E-state index >= 15 is 0 Å². The summed E-state index contributed by atoms with van der Waals surface area (Å²) in [6.45, 7) is 16.2. The van der Waals surface area contributed by atoms with Crippen LogP contribution in [0.4, 0.5) is 4.79 Å². The molecule has 2 aromatic rings. The van der Waals surface area contributed by atoms with Crippen molar-refractivity contribution in [3.8, 4) is 0 Å². The highest BCUT2D eigenvalue weighted by Crippen LogP contribution is 2.36. The number of ether oxygens (including phenoxy) is 2. The van der Waals surface area contributed by atoms with Gasteiger partial charge < -0.3 is 25.0 Å². The zero-order chi connectivity index (χ0) is 32.8. The van der Waals surface area contributed by atoms with E-state index in [4.69, 9.17) is 9.47 Å². The lowest BCUT2D eigenvalue weighted by molar-refractivity contribution is -0.159. The Balaban J connectivity index is 2.01. The lowest BCUT2D eigenvalue weighted by Crippen LogP contribution is -2.56. The number of alkyl carbamates (subject to hydrolysis) is 1. The molecule has 2 N–H and O–H groups in total. The molecule has 44 heavy (non-hydrogen) atoms. The summed E-state index contributed by atoms with van der Waals surface area (Å²) in [5.74, 6) is -1.73. The van der Waals surface area contributed by atoms with E-state index in [2.05, 4.69) is 10.6 Å². The smallest absolute Gasteiger partial charge is 0.408 e. The molecule has 0 bridgehead atoms. The van der Waals surface area contributed by atoms with Gasteiger partial charge in [-0.25, -0.2) is 9.59 Å². The molecule has 3 amide bonds. The number of hydrogen-bond acceptors (Lipinski definition) is 6. The van der Waals surface area contributed by atoms with Crippen molar-refractivity contribution in [1.29, 1.82) is 0 Å². The summed E-state index contributed by atoms with van der Waals surface area (Å²) < 4.78 is 11.2. The zero-order valence-corrected chi connectivity index (χ0v) is 27.6. The minimum atomic E-state index is -1.04. The molecule has 0 saturated heterocycles. The highest BCUT2D eigenvalue weighted by Gasteiger charge is 2.45. The highest BCUT2D eigenvalue weighted by molar-refractivity contribution is 5.94. The molecule has 1 aliphatic rings. The molecule has 3 unspecified atom stereocenters. The van der Waals surface area contributed by atoms with Crippen LogP contribution in [0.3, 0.4) is 0 Å². The third kappa shape index (κ3) is 10.4. The molecule has 3 atom stereocenters. The predicted molar refractivity (Wildman–Crippen MR) is 170 cm³/mol. The van der Waals surface area contributed by atoms with Crippen LogP contribution in [0.1, 0.15) is 91.0 Å². The molecule has 9 nitrogen and oxygen atoms in total. The average molecular weight is 608 g/mol. The van der Waals surface area contributed by atoms with Gasteiger partial charge in [0.05, 0.1) is 0 Å². The highest BCUT2D eigenvalue weighted by atomic mass is 16.6. The minimum Gasteiger partial charge on any atom is -0.458 e. The predicted octanol–water partition coefficient (Wildman–Crippen LogP) is 5.65. The van der Waals surface area contributed by atoms with Crippen molar-refractivity contribution in [2.45, 2.75) is 117 Å². The minimum absolute atomic E-state index is 0.199. The number of benzene rings is 2. The Kier molecular flexibility index (Phi) is 11.2. The quantitative estimate of drug-likeness (QED) is 0.320. The molecule has 2 aromatic carbocycles. The number of carbonyl (C=O) groups excluding carboxylic acids is 4. The van der Waals surface area contributed by atoms with Gasteiger partial charge in [-0.2, -0.15) is 0 Å². The number of nitrogens with one attached hydrogen (secondary N) is 2. The fraction of sp³-hybridized carbons (Fsp3) is 0.543. The maximum Gasteiger partial charge on any atom is 0.408 e. The Labute approximate surface area is 262 Å². The van der Waals surface area contributed by atoms with Crippen molar-refractivity contribution in [3.05, 3.63) is 71.3 Å². The Morgan fingerprint density at radius 1 is 0.841 bits per heavy atom. The van der Waals surface area contributed by atoms with Gasteiger partial charge in [0.15, 0.2) is 0 Å². The van der Waals surface area contributed by atoms with Crippen LogP contribution in [0.5, 0.6) is 0 Å². The number of nitrogens with zero attached hydrogens (tertiary/aromatic N) is 1. The van der Waals surface area contributed by atoms with E-state index in [1.165, 1.54) is 0 Å². The first-order valence-corrected chi connectivity index (χ1v) is 15.4. The lowest BCUT2D eigenvalue weighted by atomic mass is 9.97. The summed E-state index contributed by atoms with van der Waals surface area (Å²) in [5, 5.41) is 5.69. The molecule has 9 heteroatoms. The third-order valence-corrected chi connectivity index (χ3v) is 7.01. The number of amides is 3. The van der Waals surface area contributed by atoms with Crippen molar-refractivity contribution in [2.75, 3.05) is 0 Å². The Morgan fingerprint density at radius 2 is 1.41 bits per heavy atom. The molecule has 0 aromatic heterocycles. The normalized spacial score (nSPS) is 15.5. The van der Waals surface area contributed by atoms with Gasteiger partial charge in [0, 0.05) is 12.5 Å². The van der Waals surface area contributed by atoms with E-state index in [0.29, 0.717) is 5.56 Å². The molecule has 0 spiro atoms. The Morgan fingerprint density at radius 3 is 1.91 bits per heavy atom. The van der Waals surface area contributed by atoms with Gasteiger partial charge >= 0.3 is 12.1 Å². The maximum absolute atomic E-state index is 14.4. The van der Waals surface area contributed by atoms with E-state index < -0.39 is 47.3 Å². The van der Waals surface area contributed by atoms with Crippen LogP contribution in [0, 0.1) is 12.8 Å². The molecular formula is C35H49N3O6. The second kappa shape index (κ2) is 14.3. The third-order valence-electron chi connectivity index (χ3n) is 7.01. The fourth-order valence-electron chi connectivity index (χ4n) is 4.83. The fourth-order valence-corrected chi connectivity index (χ4v) is 4.83. The van der Waals surface area contributed by atoms with Gasteiger partial charge in [-0.1, -0.05) is 74.0 Å². The van der Waals surface area contributed by atoms with E-state index in [9.17, 15) is 19.2 Å². The van der Waals surface area contributed by atoms with Crippen LogP contribution in [0.25, 0.3) is 0 Å². The van der Waals surface area contributed by atoms with Crippen LogP contribution in [-0.4, -0.2) is 58.1 Å². The van der Waals surface area contributed by atoms with Crippen molar-refractivity contribution in [2.24, 2.45) is 5.92 Å². The van der Waals surface area contributed by atoms with E-state index in [1.807, 2.05) is 75.4 Å². The van der Waals surface area contributed by atoms with Gasteiger partial charge in [-0.05, 0) is 78.4 Å². The largest absolute Gasteiger partial charge is 0.458 e. The number of hydrogen-bond donors (Lipinski definition) is 2. The first-order valence-electron chi connectivity index (χ1n) is 15.4. The number of aryl methyl sites for hydroxylation is 1. The molecule has 1 fully saturated rings. The molecule has 1 aliphatic carbocycles. The summed E-state index contributed by atoms with van der Waals surface area (Å²) in [5.41, 5.74) is 0.952. The van der Waals surface area contributed by atoms with Crippen LogP contribution >= 0.6 is 0 Å². The van der Waals surface area contributed by atoms with Gasteiger partial charge in [0.25, 0.3) is 0 Å². The van der Waals surface area contributed by atoms with Crippen LogP contribution in [-0.2, 0) is 30.3 Å². The Bertz CT molecular complexity index is 1290. The standard InChI is InChI=1S/C35H49N3O6/c1-22(2)28(37-33(42)44-35(7,8)9)31(40)38(26-19-20-26)29(25-17-15-23(3)16-18-25)30(39)36-27(32(41)43-34(4,5)6)21-24-13-11-10-12-14-24/h10-18,22,26-29H,19-21H2,1-9H3,(H,36,39)(H,37,42). The van der Waals surface area contributed by atoms with E-state index in [1.54, 1.807) is 46.4 Å². The summed E-state index contributed by atoms with van der Waals surface area (Å²) in [4.78, 5) is 56.4. The van der Waals surface area contributed by atoms with Crippen LogP contribution < -0.4 is 10.6 Å². The van der Waals surface area contributed by atoms with Gasteiger partial charge in [0.2, 0.25) is 11.8 Å². The number of esters is 1. The van der Waals surface area contributed by atoms with Crippen molar-refractivity contribution < 1.29 is 28.7 Å². The number of carbonyl (C=O) groups is 4. The zero-order valence-electron chi connectivity index (χ0n) is 27.6. The number of rotatable bonds is 11. The molecule has 0 aliphatic heterocycles. The summed E-state index contributed by atoms with van der Waals surface area (Å²) in [6, 6.07) is 13.7. The van der Waals surface area contributed by atoms with Crippen molar-refractivity contribution >= 4 is 23.9 Å². The first kappa shape index (κ1) is 34.6.